The van der Waals surface area contributed by atoms with E-state index < -0.39 is 0 Å². The molecule has 1 amide bonds. The van der Waals surface area contributed by atoms with E-state index in [4.69, 9.17) is 0 Å². The highest BCUT2D eigenvalue weighted by molar-refractivity contribution is 5.75. The lowest BCUT2D eigenvalue weighted by molar-refractivity contribution is -0.140. The number of hydrogen-bond acceptors (Lipinski definition) is 3. The van der Waals surface area contributed by atoms with E-state index in [1.165, 1.54) is 64.9 Å². The van der Waals surface area contributed by atoms with Gasteiger partial charge in [-0.1, -0.05) is 77.6 Å². The molecule has 0 spiro atoms. The van der Waals surface area contributed by atoms with Gasteiger partial charge in [0.2, 0.25) is 5.91 Å². The molecule has 0 heterocycles. The smallest absolute Gasteiger partial charge is 0.305 e. The molecule has 0 aliphatic rings. The molecular formula is C21H41NO3. The molecule has 0 fully saturated rings. The minimum Gasteiger partial charge on any atom is -0.469 e. The van der Waals surface area contributed by atoms with Gasteiger partial charge in [-0.15, -0.1) is 0 Å². The summed E-state index contributed by atoms with van der Waals surface area (Å²) < 4.78 is 4.63. The Bertz CT molecular complexity index is 318. The van der Waals surface area contributed by atoms with Crippen LogP contribution in [0.1, 0.15) is 110 Å². The number of nitrogens with one attached hydrogen (secondary N) is 1. The van der Waals surface area contributed by atoms with Gasteiger partial charge in [-0.05, 0) is 19.3 Å². The molecule has 0 aliphatic carbocycles. The summed E-state index contributed by atoms with van der Waals surface area (Å²) in [6.45, 7) is 2.97. The minimum absolute atomic E-state index is 0.0860. The largest absolute Gasteiger partial charge is 0.469 e. The number of carbonyl (C=O) groups excluding carboxylic acids is 2. The Balaban J connectivity index is 3.11. The summed E-state index contributed by atoms with van der Waals surface area (Å²) >= 11 is 0. The van der Waals surface area contributed by atoms with Crippen LogP contribution in [-0.4, -0.2) is 25.5 Å². The number of methoxy groups -OCH3 is 1. The van der Waals surface area contributed by atoms with Crippen molar-refractivity contribution in [3.8, 4) is 0 Å². The molecule has 0 aromatic heterocycles. The molecule has 0 saturated carbocycles. The van der Waals surface area contributed by atoms with Crippen molar-refractivity contribution in [2.24, 2.45) is 0 Å². The van der Waals surface area contributed by atoms with E-state index in [2.05, 4.69) is 17.0 Å². The zero-order valence-electron chi connectivity index (χ0n) is 16.7. The van der Waals surface area contributed by atoms with Gasteiger partial charge < -0.3 is 10.1 Å². The molecule has 0 aromatic rings. The highest BCUT2D eigenvalue weighted by Gasteiger charge is 2.00. The Kier molecular flexibility index (Phi) is 18.5. The molecule has 0 radical (unpaired) electrons. The fraction of sp³-hybridized carbons (Fsp3) is 0.905. The van der Waals surface area contributed by atoms with Gasteiger partial charge in [0, 0.05) is 19.4 Å². The van der Waals surface area contributed by atoms with Crippen LogP contribution in [0, 0.1) is 0 Å². The van der Waals surface area contributed by atoms with E-state index in [0.717, 1.165) is 38.6 Å². The first-order valence-corrected chi connectivity index (χ1v) is 10.5. The van der Waals surface area contributed by atoms with Crippen LogP contribution in [0.25, 0.3) is 0 Å². The summed E-state index contributed by atoms with van der Waals surface area (Å²) in [5, 5.41) is 2.97. The number of amides is 1. The average Bonchev–Trinajstić information content (AvgIpc) is 2.61. The second kappa shape index (κ2) is 19.3. The first-order valence-electron chi connectivity index (χ1n) is 10.5. The number of carbonyl (C=O) groups is 2. The predicted octanol–water partition coefficient (Wildman–Crippen LogP) is 5.54. The number of hydrogen-bond donors (Lipinski definition) is 1. The molecule has 0 aliphatic heterocycles. The molecule has 0 unspecified atom stereocenters. The van der Waals surface area contributed by atoms with Crippen LogP contribution in [0.3, 0.4) is 0 Å². The third kappa shape index (κ3) is 19.1. The van der Waals surface area contributed by atoms with Crippen molar-refractivity contribution in [3.05, 3.63) is 0 Å². The predicted molar refractivity (Wildman–Crippen MR) is 105 cm³/mol. The van der Waals surface area contributed by atoms with E-state index in [9.17, 15) is 9.59 Å². The first-order chi connectivity index (χ1) is 12.2. The standard InChI is InChI=1S/C21H41NO3/c1-3-4-19-22-20(23)17-15-13-11-9-7-5-6-8-10-12-14-16-18-21(24)25-2/h3-19H2,1-2H3,(H,22,23). The van der Waals surface area contributed by atoms with E-state index in [-0.39, 0.29) is 11.9 Å². The molecule has 4 heteroatoms. The molecule has 0 bridgehead atoms. The number of esters is 1. The van der Waals surface area contributed by atoms with Crippen LogP contribution in [0.2, 0.25) is 0 Å². The van der Waals surface area contributed by atoms with E-state index in [1.54, 1.807) is 0 Å². The first kappa shape index (κ1) is 23.9. The molecule has 0 saturated heterocycles. The van der Waals surface area contributed by atoms with Gasteiger partial charge >= 0.3 is 5.97 Å². The van der Waals surface area contributed by atoms with Crippen molar-refractivity contribution in [1.29, 1.82) is 0 Å². The number of ether oxygens (including phenoxy) is 1. The van der Waals surface area contributed by atoms with Gasteiger partial charge in [-0.25, -0.2) is 0 Å². The Morgan fingerprint density at radius 1 is 0.680 bits per heavy atom. The summed E-state index contributed by atoms with van der Waals surface area (Å²) in [6.07, 6.45) is 18.2. The van der Waals surface area contributed by atoms with Gasteiger partial charge in [-0.2, -0.15) is 0 Å². The molecule has 0 atom stereocenters. The molecule has 0 aromatic carbocycles. The normalized spacial score (nSPS) is 10.6. The fourth-order valence-corrected chi connectivity index (χ4v) is 2.92. The summed E-state index contributed by atoms with van der Waals surface area (Å²) in [5.41, 5.74) is 0. The number of unbranched alkanes of at least 4 members (excludes halogenated alkanes) is 12. The van der Waals surface area contributed by atoms with Gasteiger partial charge in [0.1, 0.15) is 0 Å². The minimum atomic E-state index is -0.0860. The molecule has 0 rings (SSSR count). The van der Waals surface area contributed by atoms with Crippen LogP contribution < -0.4 is 5.32 Å². The van der Waals surface area contributed by atoms with Crippen LogP contribution in [0.5, 0.6) is 0 Å². The maximum atomic E-state index is 11.5. The lowest BCUT2D eigenvalue weighted by Crippen LogP contribution is -2.23. The zero-order valence-corrected chi connectivity index (χ0v) is 16.7. The van der Waals surface area contributed by atoms with Crippen LogP contribution in [0.4, 0.5) is 0 Å². The summed E-state index contributed by atoms with van der Waals surface area (Å²) in [7, 11) is 1.45. The van der Waals surface area contributed by atoms with Crippen molar-refractivity contribution in [3.63, 3.8) is 0 Å². The zero-order chi connectivity index (χ0) is 18.6. The maximum Gasteiger partial charge on any atom is 0.305 e. The lowest BCUT2D eigenvalue weighted by atomic mass is 10.0. The van der Waals surface area contributed by atoms with E-state index in [0.29, 0.717) is 12.8 Å². The molecule has 25 heavy (non-hydrogen) atoms. The highest BCUT2D eigenvalue weighted by atomic mass is 16.5. The Morgan fingerprint density at radius 3 is 1.56 bits per heavy atom. The van der Waals surface area contributed by atoms with Crippen LogP contribution >= 0.6 is 0 Å². The van der Waals surface area contributed by atoms with Crippen molar-refractivity contribution >= 4 is 11.9 Å². The van der Waals surface area contributed by atoms with Crippen LogP contribution in [-0.2, 0) is 14.3 Å². The SMILES string of the molecule is CCCCNC(=O)CCCCCCCCCCCCCCC(=O)OC. The molecular weight excluding hydrogens is 314 g/mol. The monoisotopic (exact) mass is 355 g/mol. The molecule has 1 N–H and O–H groups in total. The van der Waals surface area contributed by atoms with Crippen LogP contribution in [0.15, 0.2) is 0 Å². The van der Waals surface area contributed by atoms with Crippen molar-refractivity contribution in [2.75, 3.05) is 13.7 Å². The van der Waals surface area contributed by atoms with Crippen molar-refractivity contribution in [1.82, 2.24) is 5.32 Å². The van der Waals surface area contributed by atoms with E-state index >= 15 is 0 Å². The summed E-state index contributed by atoms with van der Waals surface area (Å²) in [4.78, 5) is 22.5. The maximum absolute atomic E-state index is 11.5. The summed E-state index contributed by atoms with van der Waals surface area (Å²) in [6, 6.07) is 0. The molecule has 148 valence electrons. The van der Waals surface area contributed by atoms with Gasteiger partial charge in [0.15, 0.2) is 0 Å². The third-order valence-electron chi connectivity index (χ3n) is 4.61. The third-order valence-corrected chi connectivity index (χ3v) is 4.61. The second-order valence-corrected chi connectivity index (χ2v) is 7.02. The molecule has 4 nitrogen and oxygen atoms in total. The second-order valence-electron chi connectivity index (χ2n) is 7.02. The Hall–Kier alpha value is -1.06. The lowest BCUT2D eigenvalue weighted by Gasteiger charge is -2.05. The van der Waals surface area contributed by atoms with Gasteiger partial charge in [0.25, 0.3) is 0 Å². The summed E-state index contributed by atoms with van der Waals surface area (Å²) in [5.74, 6) is 0.136. The highest BCUT2D eigenvalue weighted by Crippen LogP contribution is 2.13. The number of rotatable bonds is 18. The van der Waals surface area contributed by atoms with Gasteiger partial charge in [0.05, 0.1) is 7.11 Å². The van der Waals surface area contributed by atoms with Gasteiger partial charge in [-0.3, -0.25) is 9.59 Å². The van der Waals surface area contributed by atoms with Crippen molar-refractivity contribution < 1.29 is 14.3 Å². The Labute approximate surface area is 155 Å². The van der Waals surface area contributed by atoms with E-state index in [1.807, 2.05) is 0 Å². The average molecular weight is 356 g/mol. The van der Waals surface area contributed by atoms with Crippen molar-refractivity contribution in [2.45, 2.75) is 110 Å². The fourth-order valence-electron chi connectivity index (χ4n) is 2.92. The quantitative estimate of drug-likeness (QED) is 0.259. The Morgan fingerprint density at radius 2 is 1.12 bits per heavy atom. The topological polar surface area (TPSA) is 55.4 Å².